The first kappa shape index (κ1) is 31.6. The van der Waals surface area contributed by atoms with Gasteiger partial charge in [-0.2, -0.15) is 0 Å². The molecule has 0 aliphatic heterocycles. The molecule has 11 rings (SSSR count). The van der Waals surface area contributed by atoms with Crippen LogP contribution in [0.4, 0.5) is 17.1 Å². The van der Waals surface area contributed by atoms with Gasteiger partial charge < -0.3 is 9.32 Å². The Morgan fingerprint density at radius 1 is 0.382 bits per heavy atom. The molecule has 0 amide bonds. The van der Waals surface area contributed by atoms with E-state index in [1.807, 2.05) is 11.3 Å². The third-order valence-electron chi connectivity index (χ3n) is 10.9. The Hall–Kier alpha value is -6.94. The van der Waals surface area contributed by atoms with Crippen LogP contribution in [0.5, 0.6) is 0 Å². The van der Waals surface area contributed by atoms with Crippen molar-refractivity contribution in [3.05, 3.63) is 200 Å². The van der Waals surface area contributed by atoms with Crippen LogP contribution in [0.3, 0.4) is 0 Å². The van der Waals surface area contributed by atoms with Crippen LogP contribution >= 0.6 is 11.3 Å². The summed E-state index contributed by atoms with van der Waals surface area (Å²) in [6, 6.07) is 72.2. The van der Waals surface area contributed by atoms with Crippen LogP contribution < -0.4 is 4.90 Å². The molecule has 0 unspecified atom stereocenters. The Bertz CT molecular complexity index is 3210. The Morgan fingerprint density at radius 3 is 1.89 bits per heavy atom. The summed E-state index contributed by atoms with van der Waals surface area (Å²) in [6.07, 6.45) is 0. The maximum Gasteiger partial charge on any atom is 0.143 e. The summed E-state index contributed by atoms with van der Waals surface area (Å²) in [5, 5.41) is 7.14. The van der Waals surface area contributed by atoms with Gasteiger partial charge in [0.25, 0.3) is 0 Å². The number of para-hydroxylation sites is 1. The van der Waals surface area contributed by atoms with Gasteiger partial charge in [0.1, 0.15) is 11.2 Å². The number of benzene rings is 9. The number of hydrogen-bond donors (Lipinski definition) is 0. The van der Waals surface area contributed by atoms with E-state index in [1.54, 1.807) is 0 Å². The average molecular weight is 720 g/mol. The predicted molar refractivity (Wildman–Crippen MR) is 235 cm³/mol. The minimum Gasteiger partial charge on any atom is -0.455 e. The normalized spacial score (nSPS) is 11.6. The molecule has 0 fully saturated rings. The smallest absolute Gasteiger partial charge is 0.143 e. The number of fused-ring (bicyclic) bond motifs is 8. The van der Waals surface area contributed by atoms with Crippen LogP contribution in [0, 0.1) is 0 Å². The van der Waals surface area contributed by atoms with Crippen LogP contribution in [0.15, 0.2) is 205 Å². The summed E-state index contributed by atoms with van der Waals surface area (Å²) >= 11 is 1.85. The van der Waals surface area contributed by atoms with Crippen molar-refractivity contribution in [1.82, 2.24) is 0 Å². The van der Waals surface area contributed by atoms with Crippen molar-refractivity contribution in [2.45, 2.75) is 0 Å². The highest BCUT2D eigenvalue weighted by Gasteiger charge is 2.22. The van der Waals surface area contributed by atoms with Crippen LogP contribution in [-0.4, -0.2) is 0 Å². The first-order chi connectivity index (χ1) is 27.3. The predicted octanol–water partition coefficient (Wildman–Crippen LogP) is 15.6. The highest BCUT2D eigenvalue weighted by Crippen LogP contribution is 2.47. The highest BCUT2D eigenvalue weighted by atomic mass is 32.1. The monoisotopic (exact) mass is 719 g/mol. The maximum absolute atomic E-state index is 6.65. The van der Waals surface area contributed by atoms with Crippen molar-refractivity contribution >= 4 is 81.3 Å². The zero-order valence-corrected chi connectivity index (χ0v) is 30.6. The summed E-state index contributed by atoms with van der Waals surface area (Å²) < 4.78 is 9.22. The summed E-state index contributed by atoms with van der Waals surface area (Å²) in [5.74, 6) is 0. The maximum atomic E-state index is 6.65. The van der Waals surface area contributed by atoms with Crippen LogP contribution in [0.2, 0.25) is 0 Å². The fourth-order valence-corrected chi connectivity index (χ4v) is 9.41. The first-order valence-corrected chi connectivity index (χ1v) is 19.5. The Kier molecular flexibility index (Phi) is 7.39. The van der Waals surface area contributed by atoms with Crippen molar-refractivity contribution in [1.29, 1.82) is 0 Å². The molecule has 258 valence electrons. The fraction of sp³-hybridized carbons (Fsp3) is 0. The van der Waals surface area contributed by atoms with E-state index in [2.05, 4.69) is 205 Å². The fourth-order valence-electron chi connectivity index (χ4n) is 8.27. The minimum absolute atomic E-state index is 0.888. The second-order valence-corrected chi connectivity index (χ2v) is 15.2. The topological polar surface area (TPSA) is 16.4 Å². The van der Waals surface area contributed by atoms with Gasteiger partial charge in [-0.25, -0.2) is 0 Å². The zero-order valence-electron chi connectivity index (χ0n) is 29.8. The molecule has 0 spiro atoms. The Balaban J connectivity index is 1.10. The van der Waals surface area contributed by atoms with Gasteiger partial charge in [0, 0.05) is 53.3 Å². The van der Waals surface area contributed by atoms with E-state index in [0.717, 1.165) is 55.5 Å². The second-order valence-electron chi connectivity index (χ2n) is 14.1. The third kappa shape index (κ3) is 5.32. The lowest BCUT2D eigenvalue weighted by Crippen LogP contribution is -2.11. The summed E-state index contributed by atoms with van der Waals surface area (Å²) in [7, 11) is 0. The second kappa shape index (κ2) is 12.9. The molecule has 2 heterocycles. The van der Waals surface area contributed by atoms with Crippen molar-refractivity contribution in [3.8, 4) is 33.4 Å². The Labute approximate surface area is 322 Å². The molecule has 0 aliphatic rings. The number of hydrogen-bond acceptors (Lipinski definition) is 3. The third-order valence-corrected chi connectivity index (χ3v) is 12.0. The van der Waals surface area contributed by atoms with Crippen molar-refractivity contribution in [3.63, 3.8) is 0 Å². The Morgan fingerprint density at radius 2 is 1.02 bits per heavy atom. The van der Waals surface area contributed by atoms with Crippen LogP contribution in [0.25, 0.3) is 86.3 Å². The van der Waals surface area contributed by atoms with E-state index in [1.165, 1.54) is 47.8 Å². The van der Waals surface area contributed by atoms with Gasteiger partial charge in [-0.05, 0) is 87.8 Å². The van der Waals surface area contributed by atoms with Gasteiger partial charge >= 0.3 is 0 Å². The molecule has 55 heavy (non-hydrogen) atoms. The highest BCUT2D eigenvalue weighted by molar-refractivity contribution is 7.25. The standard InChI is InChI=1S/C52H33NOS/c1-2-12-34(13-3-1)37-15-10-16-38(32-37)35-24-27-39(28-25-35)53(40-29-31-44-43-19-7-9-23-49(43)55-50(44)33-40)47-21-8-6-18-42(47)45-20-11-22-48-51(45)46-30-26-36-14-4-5-17-41(36)52(46)54-48/h1-33H. The lowest BCUT2D eigenvalue weighted by atomic mass is 9.96. The molecule has 0 N–H and O–H groups in total. The SMILES string of the molecule is c1ccc(-c2cccc(-c3ccc(N(c4ccc5c(c4)sc4ccccc45)c4ccccc4-c4cccc5oc6c7ccccc7ccc6c45)cc3)c2)cc1. The summed E-state index contributed by atoms with van der Waals surface area (Å²) in [4.78, 5) is 2.42. The van der Waals surface area contributed by atoms with Gasteiger partial charge in [-0.15, -0.1) is 11.3 Å². The number of thiophene rings is 1. The van der Waals surface area contributed by atoms with E-state index in [-0.39, 0.29) is 0 Å². The van der Waals surface area contributed by atoms with E-state index in [9.17, 15) is 0 Å². The number of furan rings is 1. The quantitative estimate of drug-likeness (QED) is 0.170. The average Bonchev–Trinajstić information content (AvgIpc) is 3.83. The summed E-state index contributed by atoms with van der Waals surface area (Å²) in [6.45, 7) is 0. The van der Waals surface area contributed by atoms with Crippen molar-refractivity contribution in [2.75, 3.05) is 4.90 Å². The van der Waals surface area contributed by atoms with Crippen molar-refractivity contribution in [2.24, 2.45) is 0 Å². The van der Waals surface area contributed by atoms with Gasteiger partial charge in [0.05, 0.1) is 5.69 Å². The van der Waals surface area contributed by atoms with E-state index >= 15 is 0 Å². The number of rotatable bonds is 6. The molecule has 0 saturated heterocycles. The number of anilines is 3. The van der Waals surface area contributed by atoms with Crippen LogP contribution in [-0.2, 0) is 0 Å². The zero-order chi connectivity index (χ0) is 36.3. The van der Waals surface area contributed by atoms with Crippen LogP contribution in [0.1, 0.15) is 0 Å². The molecule has 0 bridgehead atoms. The lowest BCUT2D eigenvalue weighted by molar-refractivity contribution is 0.673. The van der Waals surface area contributed by atoms with E-state index in [0.29, 0.717) is 0 Å². The molecular formula is C52H33NOS. The van der Waals surface area contributed by atoms with E-state index in [4.69, 9.17) is 4.42 Å². The molecule has 9 aromatic carbocycles. The van der Waals surface area contributed by atoms with Gasteiger partial charge in [0.15, 0.2) is 0 Å². The van der Waals surface area contributed by atoms with Gasteiger partial charge in [0.2, 0.25) is 0 Å². The molecule has 0 aliphatic carbocycles. The summed E-state index contributed by atoms with van der Waals surface area (Å²) in [5.41, 5.74) is 12.2. The largest absolute Gasteiger partial charge is 0.455 e. The molecular weight excluding hydrogens is 687 g/mol. The first-order valence-electron chi connectivity index (χ1n) is 18.7. The van der Waals surface area contributed by atoms with E-state index < -0.39 is 0 Å². The molecule has 0 atom stereocenters. The lowest BCUT2D eigenvalue weighted by Gasteiger charge is -2.28. The van der Waals surface area contributed by atoms with Gasteiger partial charge in [-0.1, -0.05) is 146 Å². The van der Waals surface area contributed by atoms with Crippen molar-refractivity contribution < 1.29 is 4.42 Å². The number of nitrogens with zero attached hydrogens (tertiary/aromatic N) is 1. The van der Waals surface area contributed by atoms with Gasteiger partial charge in [-0.3, -0.25) is 0 Å². The molecule has 0 saturated carbocycles. The molecule has 3 heteroatoms. The molecule has 2 aromatic heterocycles. The molecule has 11 aromatic rings. The molecule has 2 nitrogen and oxygen atoms in total. The minimum atomic E-state index is 0.888. The molecule has 0 radical (unpaired) electrons.